The summed E-state index contributed by atoms with van der Waals surface area (Å²) in [4.78, 5) is 9.50. The van der Waals surface area contributed by atoms with Crippen molar-refractivity contribution in [2.24, 2.45) is 0 Å². The number of hydrogen-bond donors (Lipinski definition) is 0. The average Bonchev–Trinajstić information content (AvgIpc) is 3.95. The molecule has 0 saturated heterocycles. The third-order valence-corrected chi connectivity index (χ3v) is 8.93. The van der Waals surface area contributed by atoms with E-state index in [-0.39, 0.29) is 0 Å². The molecule has 9 nitrogen and oxygen atoms in total. The van der Waals surface area contributed by atoms with Crippen LogP contribution in [0.4, 0.5) is 0 Å². The Kier molecular flexibility index (Phi) is 5.97. The summed E-state index contributed by atoms with van der Waals surface area (Å²) in [6.45, 7) is 0. The predicted octanol–water partition coefficient (Wildman–Crippen LogP) is 8.83. The summed E-state index contributed by atoms with van der Waals surface area (Å²) in [7, 11) is 0. The maximum absolute atomic E-state index is 6.48. The van der Waals surface area contributed by atoms with Crippen molar-refractivity contribution in [3.05, 3.63) is 158 Å². The van der Waals surface area contributed by atoms with Gasteiger partial charge in [-0.3, -0.25) is 9.13 Å². The van der Waals surface area contributed by atoms with Crippen molar-refractivity contribution in [1.29, 1.82) is 0 Å². The quantitative estimate of drug-likeness (QED) is 0.183. The Hall–Kier alpha value is -7.00. The van der Waals surface area contributed by atoms with Gasteiger partial charge in [-0.25, -0.2) is 19.3 Å². The zero-order valence-corrected chi connectivity index (χ0v) is 26.0. The average molecular weight is 635 g/mol. The van der Waals surface area contributed by atoms with Crippen molar-refractivity contribution in [2.45, 2.75) is 0 Å². The lowest BCUT2D eigenvalue weighted by atomic mass is 10.2. The minimum atomic E-state index is 0.684. The third-order valence-electron chi connectivity index (χ3n) is 8.93. The molecule has 10 rings (SSSR count). The van der Waals surface area contributed by atoms with Crippen molar-refractivity contribution < 1.29 is 4.74 Å². The van der Waals surface area contributed by atoms with Gasteiger partial charge in [-0.05, 0) is 60.7 Å². The molecule has 0 atom stereocenters. The summed E-state index contributed by atoms with van der Waals surface area (Å²) >= 11 is 0. The van der Waals surface area contributed by atoms with Crippen LogP contribution >= 0.6 is 0 Å². The molecule has 232 valence electrons. The summed E-state index contributed by atoms with van der Waals surface area (Å²) < 4.78 is 14.6. The highest BCUT2D eigenvalue weighted by atomic mass is 16.5. The van der Waals surface area contributed by atoms with Gasteiger partial charge in [0.2, 0.25) is 0 Å². The Morgan fingerprint density at radius 1 is 0.408 bits per heavy atom. The second-order valence-electron chi connectivity index (χ2n) is 11.8. The van der Waals surface area contributed by atoms with Gasteiger partial charge in [-0.2, -0.15) is 10.2 Å². The minimum absolute atomic E-state index is 0.684. The molecule has 0 N–H and O–H groups in total. The fraction of sp³-hybridized carbons (Fsp3) is 0. The van der Waals surface area contributed by atoms with Crippen LogP contribution in [0.3, 0.4) is 0 Å². The minimum Gasteiger partial charge on any atom is -0.457 e. The maximum Gasteiger partial charge on any atom is 0.146 e. The van der Waals surface area contributed by atoms with E-state index in [9.17, 15) is 0 Å². The van der Waals surface area contributed by atoms with Crippen molar-refractivity contribution in [2.75, 3.05) is 0 Å². The number of para-hydroxylation sites is 2. The zero-order valence-electron chi connectivity index (χ0n) is 26.0. The van der Waals surface area contributed by atoms with Crippen LogP contribution in [0.1, 0.15) is 0 Å². The SMILES string of the molecule is c1cc(Oc2cccc(-n3nccc3-n3c4ccccc4c4cccnc43)c2)cc(-n2nccc2-n2c3ccccc3c3cccnc32)c1. The number of hydrogen-bond acceptors (Lipinski definition) is 5. The van der Waals surface area contributed by atoms with Gasteiger partial charge >= 0.3 is 0 Å². The second kappa shape index (κ2) is 10.8. The molecule has 49 heavy (non-hydrogen) atoms. The number of ether oxygens (including phenoxy) is 1. The second-order valence-corrected chi connectivity index (χ2v) is 11.8. The van der Waals surface area contributed by atoms with Crippen molar-refractivity contribution in [3.63, 3.8) is 0 Å². The van der Waals surface area contributed by atoms with Crippen LogP contribution in [0.25, 0.3) is 66.9 Å². The molecule has 0 aliphatic carbocycles. The van der Waals surface area contributed by atoms with Gasteiger partial charge in [0.25, 0.3) is 0 Å². The van der Waals surface area contributed by atoms with Crippen LogP contribution < -0.4 is 4.74 Å². The molecule has 0 spiro atoms. The Morgan fingerprint density at radius 3 is 1.39 bits per heavy atom. The first-order valence-corrected chi connectivity index (χ1v) is 16.0. The molecule has 0 radical (unpaired) electrons. The van der Waals surface area contributed by atoms with E-state index in [2.05, 4.69) is 57.7 Å². The van der Waals surface area contributed by atoms with E-state index in [1.807, 2.05) is 119 Å². The maximum atomic E-state index is 6.48. The number of nitrogens with zero attached hydrogens (tertiary/aromatic N) is 8. The molecule has 0 fully saturated rings. The van der Waals surface area contributed by atoms with E-state index in [1.165, 1.54) is 0 Å². The van der Waals surface area contributed by atoms with Gasteiger partial charge in [0.15, 0.2) is 0 Å². The first kappa shape index (κ1) is 27.1. The lowest BCUT2D eigenvalue weighted by Crippen LogP contribution is -2.06. The third kappa shape index (κ3) is 4.26. The summed E-state index contributed by atoms with van der Waals surface area (Å²) in [6, 6.07) is 44.8. The van der Waals surface area contributed by atoms with Crippen LogP contribution in [-0.2, 0) is 0 Å². The number of fused-ring (bicyclic) bond motifs is 6. The molecule has 0 saturated carbocycles. The topological polar surface area (TPSA) is 80.5 Å². The molecule has 0 aliphatic heterocycles. The summed E-state index contributed by atoms with van der Waals surface area (Å²) in [5.41, 5.74) is 5.62. The summed E-state index contributed by atoms with van der Waals surface area (Å²) in [6.07, 6.45) is 7.27. The number of pyridine rings is 2. The summed E-state index contributed by atoms with van der Waals surface area (Å²) in [5.74, 6) is 3.14. The Balaban J connectivity index is 1.02. The van der Waals surface area contributed by atoms with Gasteiger partial charge in [-0.1, -0.05) is 48.5 Å². The largest absolute Gasteiger partial charge is 0.457 e. The molecule has 9 heteroatoms. The predicted molar refractivity (Wildman–Crippen MR) is 191 cm³/mol. The molecule has 0 bridgehead atoms. The molecular formula is C40H26N8O. The Morgan fingerprint density at radius 2 is 0.878 bits per heavy atom. The number of benzene rings is 4. The van der Waals surface area contributed by atoms with E-state index in [0.29, 0.717) is 11.5 Å². The first-order chi connectivity index (χ1) is 24.3. The first-order valence-electron chi connectivity index (χ1n) is 16.0. The highest BCUT2D eigenvalue weighted by Gasteiger charge is 2.18. The van der Waals surface area contributed by atoms with Gasteiger partial charge in [0, 0.05) is 58.2 Å². The van der Waals surface area contributed by atoms with Crippen molar-refractivity contribution in [3.8, 4) is 34.5 Å². The molecule has 6 aromatic heterocycles. The monoisotopic (exact) mass is 634 g/mol. The standard InChI is InChI=1S/C40H26N8O/c1-3-17-35-31(13-1)33-15-7-21-41-39(33)45(35)37-19-23-43-47(37)27-9-5-11-29(25-27)49-30-12-6-10-28(26-30)48-38(20-24-44-48)46-36-18-4-2-14-32(36)34-16-8-22-42-40(34)46/h1-26H. The molecular weight excluding hydrogens is 608 g/mol. The molecule has 6 heterocycles. The fourth-order valence-corrected chi connectivity index (χ4v) is 6.88. The molecule has 0 amide bonds. The van der Waals surface area contributed by atoms with Gasteiger partial charge in [0.05, 0.1) is 34.8 Å². The van der Waals surface area contributed by atoms with E-state index in [1.54, 1.807) is 0 Å². The zero-order chi connectivity index (χ0) is 32.3. The van der Waals surface area contributed by atoms with Gasteiger partial charge in [0.1, 0.15) is 34.4 Å². The lowest BCUT2D eigenvalue weighted by Gasteiger charge is -2.14. The fourth-order valence-electron chi connectivity index (χ4n) is 6.88. The molecule has 0 aliphatic rings. The van der Waals surface area contributed by atoms with Crippen molar-refractivity contribution in [1.82, 2.24) is 38.7 Å². The Labute approximate surface area is 279 Å². The van der Waals surface area contributed by atoms with Crippen LogP contribution in [0.5, 0.6) is 11.5 Å². The van der Waals surface area contributed by atoms with E-state index in [4.69, 9.17) is 24.9 Å². The molecule has 0 unspecified atom stereocenters. The van der Waals surface area contributed by atoms with Crippen LogP contribution in [0, 0.1) is 0 Å². The Bertz CT molecular complexity index is 2540. The molecule has 10 aromatic rings. The van der Waals surface area contributed by atoms with E-state index in [0.717, 1.165) is 66.9 Å². The van der Waals surface area contributed by atoms with E-state index >= 15 is 0 Å². The summed E-state index contributed by atoms with van der Waals surface area (Å²) in [5, 5.41) is 13.9. The van der Waals surface area contributed by atoms with Gasteiger partial charge < -0.3 is 4.74 Å². The molecule has 4 aromatic carbocycles. The number of rotatable bonds is 6. The number of aromatic nitrogens is 8. The highest BCUT2D eigenvalue weighted by molar-refractivity contribution is 6.08. The van der Waals surface area contributed by atoms with Crippen LogP contribution in [-0.4, -0.2) is 38.7 Å². The normalized spacial score (nSPS) is 11.7. The van der Waals surface area contributed by atoms with Crippen LogP contribution in [0.15, 0.2) is 158 Å². The van der Waals surface area contributed by atoms with E-state index < -0.39 is 0 Å². The smallest absolute Gasteiger partial charge is 0.146 e. The van der Waals surface area contributed by atoms with Gasteiger partial charge in [-0.15, -0.1) is 0 Å². The van der Waals surface area contributed by atoms with Crippen molar-refractivity contribution >= 4 is 43.9 Å². The highest BCUT2D eigenvalue weighted by Crippen LogP contribution is 2.34. The van der Waals surface area contributed by atoms with Crippen LogP contribution in [0.2, 0.25) is 0 Å². The lowest BCUT2D eigenvalue weighted by molar-refractivity contribution is 0.481.